The van der Waals surface area contributed by atoms with Gasteiger partial charge in [0.15, 0.2) is 5.11 Å². The van der Waals surface area contributed by atoms with Crippen LogP contribution in [-0.2, 0) is 16.0 Å². The van der Waals surface area contributed by atoms with Crippen LogP contribution in [0.4, 0.5) is 0 Å². The van der Waals surface area contributed by atoms with Gasteiger partial charge in [0.2, 0.25) is 0 Å². The van der Waals surface area contributed by atoms with E-state index in [1.165, 1.54) is 6.92 Å². The van der Waals surface area contributed by atoms with Crippen LogP contribution in [0.25, 0.3) is 10.9 Å². The van der Waals surface area contributed by atoms with Crippen LogP contribution in [0.15, 0.2) is 59.3 Å². The number of rotatable bonds is 7. The highest BCUT2D eigenvalue weighted by Crippen LogP contribution is 2.24. The Morgan fingerprint density at radius 1 is 1.26 bits per heavy atom. The second-order valence-corrected chi connectivity index (χ2v) is 6.41. The van der Waals surface area contributed by atoms with Crippen LogP contribution >= 0.6 is 12.2 Å². The number of hydrogen-bond donors (Lipinski definition) is 2. The molecule has 1 aromatic carbocycles. The molecule has 7 heteroatoms. The third-order valence-electron chi connectivity index (χ3n) is 4.05. The first-order valence-electron chi connectivity index (χ1n) is 8.67. The fourth-order valence-corrected chi connectivity index (χ4v) is 3.08. The van der Waals surface area contributed by atoms with E-state index in [4.69, 9.17) is 21.4 Å². The minimum Gasteiger partial charge on any atom is -0.467 e. The molecule has 0 aliphatic carbocycles. The molecule has 1 atom stereocenters. The van der Waals surface area contributed by atoms with Crippen molar-refractivity contribution in [3.8, 4) is 0 Å². The molecule has 1 unspecified atom stereocenters. The van der Waals surface area contributed by atoms with Crippen LogP contribution in [0.3, 0.4) is 0 Å². The van der Waals surface area contributed by atoms with Gasteiger partial charge >= 0.3 is 5.97 Å². The van der Waals surface area contributed by atoms with Crippen molar-refractivity contribution in [1.29, 1.82) is 0 Å². The van der Waals surface area contributed by atoms with Crippen LogP contribution in [0.5, 0.6) is 0 Å². The van der Waals surface area contributed by atoms with E-state index in [0.717, 1.165) is 22.2 Å². The zero-order valence-corrected chi connectivity index (χ0v) is 15.8. The van der Waals surface area contributed by atoms with E-state index in [-0.39, 0.29) is 18.6 Å². The molecule has 140 valence electrons. The average Bonchev–Trinajstić information content (AvgIpc) is 3.19. The summed E-state index contributed by atoms with van der Waals surface area (Å²) in [6.07, 6.45) is 4.14. The summed E-state index contributed by atoms with van der Waals surface area (Å²) in [5.74, 6) is 0.480. The minimum absolute atomic E-state index is 0.139. The van der Waals surface area contributed by atoms with Crippen molar-refractivity contribution >= 4 is 34.2 Å². The Bertz CT molecular complexity index is 906. The van der Waals surface area contributed by atoms with Crippen molar-refractivity contribution in [2.24, 2.45) is 0 Å². The Balaban J connectivity index is 1.71. The maximum atomic E-state index is 10.8. The normalized spacial score (nSPS) is 11.7. The quantitative estimate of drug-likeness (QED) is 0.369. The smallest absolute Gasteiger partial charge is 0.302 e. The fourth-order valence-electron chi connectivity index (χ4n) is 2.83. The van der Waals surface area contributed by atoms with Crippen molar-refractivity contribution in [2.75, 3.05) is 13.2 Å². The van der Waals surface area contributed by atoms with E-state index >= 15 is 0 Å². The number of carbonyl (C=O) groups is 1. The lowest BCUT2D eigenvalue weighted by Gasteiger charge is -2.20. The molecule has 2 heterocycles. The third kappa shape index (κ3) is 5.27. The summed E-state index contributed by atoms with van der Waals surface area (Å²) < 4.78 is 10.5. The van der Waals surface area contributed by atoms with E-state index in [0.29, 0.717) is 18.1 Å². The van der Waals surface area contributed by atoms with Gasteiger partial charge in [0.05, 0.1) is 24.4 Å². The predicted molar refractivity (Wildman–Crippen MR) is 107 cm³/mol. The van der Waals surface area contributed by atoms with Crippen LogP contribution in [0, 0.1) is 0 Å². The van der Waals surface area contributed by atoms with Gasteiger partial charge in [0.1, 0.15) is 12.4 Å². The summed E-state index contributed by atoms with van der Waals surface area (Å²) in [7, 11) is 0. The second-order valence-electron chi connectivity index (χ2n) is 6.00. The number of hydrogen-bond acceptors (Lipinski definition) is 5. The molecule has 2 N–H and O–H groups in total. The lowest BCUT2D eigenvalue weighted by Crippen LogP contribution is -2.40. The summed E-state index contributed by atoms with van der Waals surface area (Å²) >= 11 is 5.38. The molecule has 6 nitrogen and oxygen atoms in total. The number of pyridine rings is 1. The van der Waals surface area contributed by atoms with Crippen molar-refractivity contribution in [3.63, 3.8) is 0 Å². The van der Waals surface area contributed by atoms with Crippen molar-refractivity contribution in [1.82, 2.24) is 15.6 Å². The third-order valence-corrected chi connectivity index (χ3v) is 4.31. The molecule has 0 saturated carbocycles. The monoisotopic (exact) mass is 383 g/mol. The molecule has 3 aromatic rings. The molecule has 0 amide bonds. The lowest BCUT2D eigenvalue weighted by atomic mass is 10.0. The maximum absolute atomic E-state index is 10.8. The highest BCUT2D eigenvalue weighted by molar-refractivity contribution is 7.80. The van der Waals surface area contributed by atoms with Crippen LogP contribution < -0.4 is 10.6 Å². The fraction of sp³-hybridized carbons (Fsp3) is 0.250. The van der Waals surface area contributed by atoms with E-state index in [1.54, 1.807) is 6.26 Å². The average molecular weight is 383 g/mol. The Morgan fingerprint density at radius 2 is 2.11 bits per heavy atom. The summed E-state index contributed by atoms with van der Waals surface area (Å²) in [5, 5.41) is 7.91. The van der Waals surface area contributed by atoms with Crippen molar-refractivity contribution in [2.45, 2.75) is 19.4 Å². The lowest BCUT2D eigenvalue weighted by molar-refractivity contribution is -0.140. The summed E-state index contributed by atoms with van der Waals surface area (Å²) in [6.45, 7) is 2.08. The van der Waals surface area contributed by atoms with Gasteiger partial charge in [-0.25, -0.2) is 0 Å². The van der Waals surface area contributed by atoms with Gasteiger partial charge in [0, 0.05) is 24.9 Å². The van der Waals surface area contributed by atoms with E-state index in [2.05, 4.69) is 21.7 Å². The Labute approximate surface area is 162 Å². The number of esters is 1. The molecule has 0 bridgehead atoms. The molecule has 0 saturated heterocycles. The van der Waals surface area contributed by atoms with Gasteiger partial charge in [-0.3, -0.25) is 9.78 Å². The van der Waals surface area contributed by atoms with Gasteiger partial charge < -0.3 is 19.8 Å². The first kappa shape index (κ1) is 18.8. The zero-order valence-electron chi connectivity index (χ0n) is 15.0. The summed E-state index contributed by atoms with van der Waals surface area (Å²) in [5.41, 5.74) is 2.10. The minimum atomic E-state index is -0.311. The van der Waals surface area contributed by atoms with Crippen molar-refractivity contribution < 1.29 is 13.9 Å². The first-order chi connectivity index (χ1) is 13.1. The Hall–Kier alpha value is -2.93. The number of benzene rings is 1. The van der Waals surface area contributed by atoms with Crippen LogP contribution in [0.1, 0.15) is 24.3 Å². The van der Waals surface area contributed by atoms with Gasteiger partial charge in [-0.05, 0) is 42.0 Å². The molecular weight excluding hydrogens is 362 g/mol. The van der Waals surface area contributed by atoms with Crippen LogP contribution in [0.2, 0.25) is 0 Å². The standard InChI is InChI=1S/C20H21N3O3S/c1-14(24)25-12-10-22-20(27)23-18(19-7-4-11-26-19)13-15-8-9-21-17-6-3-2-5-16(15)17/h2-9,11,18H,10,12-13H2,1H3,(H2,22,23,27). The Morgan fingerprint density at radius 3 is 2.89 bits per heavy atom. The topological polar surface area (TPSA) is 76.4 Å². The maximum Gasteiger partial charge on any atom is 0.302 e. The summed E-state index contributed by atoms with van der Waals surface area (Å²) in [4.78, 5) is 15.2. The largest absolute Gasteiger partial charge is 0.467 e. The molecule has 0 radical (unpaired) electrons. The van der Waals surface area contributed by atoms with E-state index in [9.17, 15) is 4.79 Å². The zero-order chi connectivity index (χ0) is 19.1. The van der Waals surface area contributed by atoms with E-state index < -0.39 is 0 Å². The highest BCUT2D eigenvalue weighted by atomic mass is 32.1. The molecule has 0 fully saturated rings. The number of carbonyl (C=O) groups excluding carboxylic acids is 1. The molecule has 0 aliphatic rings. The molecule has 0 spiro atoms. The van der Waals surface area contributed by atoms with Gasteiger partial charge in [-0.15, -0.1) is 0 Å². The Kier molecular flexibility index (Phi) is 6.38. The number of nitrogens with one attached hydrogen (secondary N) is 2. The summed E-state index contributed by atoms with van der Waals surface area (Å²) in [6, 6.07) is 13.7. The van der Waals surface area contributed by atoms with Gasteiger partial charge in [-0.1, -0.05) is 18.2 Å². The highest BCUT2D eigenvalue weighted by Gasteiger charge is 2.17. The van der Waals surface area contributed by atoms with E-state index in [1.807, 2.05) is 42.6 Å². The number of aromatic nitrogens is 1. The van der Waals surface area contributed by atoms with Crippen molar-refractivity contribution in [3.05, 3.63) is 66.2 Å². The number of thiocarbonyl (C=S) groups is 1. The molecule has 2 aromatic heterocycles. The number of furan rings is 1. The number of para-hydroxylation sites is 1. The SMILES string of the molecule is CC(=O)OCCNC(=S)NC(Cc1ccnc2ccccc12)c1ccco1. The van der Waals surface area contributed by atoms with Crippen LogP contribution in [-0.4, -0.2) is 29.2 Å². The number of fused-ring (bicyclic) bond motifs is 1. The molecule has 27 heavy (non-hydrogen) atoms. The number of ether oxygens (including phenoxy) is 1. The molecule has 3 rings (SSSR count). The molecule has 0 aliphatic heterocycles. The molecular formula is C20H21N3O3S. The first-order valence-corrected chi connectivity index (χ1v) is 9.08. The predicted octanol–water partition coefficient (Wildman–Crippen LogP) is 3.14. The van der Waals surface area contributed by atoms with Gasteiger partial charge in [-0.2, -0.15) is 0 Å². The second kappa shape index (κ2) is 9.14. The number of nitrogens with zero attached hydrogens (tertiary/aromatic N) is 1. The van der Waals surface area contributed by atoms with Gasteiger partial charge in [0.25, 0.3) is 0 Å².